The van der Waals surface area contributed by atoms with Crippen LogP contribution in [0.3, 0.4) is 0 Å². The first-order valence-electron chi connectivity index (χ1n) is 6.28. The molecule has 0 saturated carbocycles. The van der Waals surface area contributed by atoms with Crippen molar-refractivity contribution in [3.8, 4) is 0 Å². The topological polar surface area (TPSA) is 73.6 Å². The van der Waals surface area contributed by atoms with Crippen LogP contribution in [0, 0.1) is 5.41 Å². The SMILES string of the molecule is CC(C)OCCNC(=O)C1(CN)CCOCC1. The molecule has 0 atom stereocenters. The first-order valence-corrected chi connectivity index (χ1v) is 6.28. The minimum Gasteiger partial charge on any atom is -0.381 e. The largest absolute Gasteiger partial charge is 0.381 e. The van der Waals surface area contributed by atoms with Gasteiger partial charge in [-0.15, -0.1) is 0 Å². The molecule has 1 rings (SSSR count). The van der Waals surface area contributed by atoms with Gasteiger partial charge in [0, 0.05) is 26.3 Å². The Morgan fingerprint density at radius 2 is 2.12 bits per heavy atom. The molecular formula is C12H24N2O3. The zero-order valence-corrected chi connectivity index (χ0v) is 10.8. The summed E-state index contributed by atoms with van der Waals surface area (Å²) < 4.78 is 10.6. The maximum absolute atomic E-state index is 12.1. The van der Waals surface area contributed by atoms with Crippen molar-refractivity contribution in [1.29, 1.82) is 0 Å². The van der Waals surface area contributed by atoms with E-state index in [1.54, 1.807) is 0 Å². The molecule has 3 N–H and O–H groups in total. The Bertz CT molecular complexity index is 238. The van der Waals surface area contributed by atoms with E-state index < -0.39 is 5.41 Å². The molecule has 0 aliphatic carbocycles. The zero-order chi connectivity index (χ0) is 12.7. The minimum atomic E-state index is -0.434. The van der Waals surface area contributed by atoms with Crippen LogP contribution in [0.2, 0.25) is 0 Å². The lowest BCUT2D eigenvalue weighted by Gasteiger charge is -2.34. The predicted octanol–water partition coefficient (Wildman–Crippen LogP) is 0.283. The number of nitrogens with one attached hydrogen (secondary N) is 1. The fourth-order valence-corrected chi connectivity index (χ4v) is 1.93. The number of carbonyl (C=O) groups is 1. The van der Waals surface area contributed by atoms with Crippen LogP contribution in [0.1, 0.15) is 26.7 Å². The number of hydrogen-bond acceptors (Lipinski definition) is 4. The molecule has 0 bridgehead atoms. The van der Waals surface area contributed by atoms with Gasteiger partial charge in [-0.2, -0.15) is 0 Å². The van der Waals surface area contributed by atoms with E-state index >= 15 is 0 Å². The second-order valence-electron chi connectivity index (χ2n) is 4.77. The summed E-state index contributed by atoms with van der Waals surface area (Å²) >= 11 is 0. The van der Waals surface area contributed by atoms with Gasteiger partial charge in [-0.3, -0.25) is 4.79 Å². The van der Waals surface area contributed by atoms with E-state index in [1.807, 2.05) is 13.8 Å². The van der Waals surface area contributed by atoms with Crippen molar-refractivity contribution in [2.45, 2.75) is 32.8 Å². The van der Waals surface area contributed by atoms with Gasteiger partial charge >= 0.3 is 0 Å². The van der Waals surface area contributed by atoms with Gasteiger partial charge in [-0.25, -0.2) is 0 Å². The maximum Gasteiger partial charge on any atom is 0.227 e. The van der Waals surface area contributed by atoms with Crippen molar-refractivity contribution < 1.29 is 14.3 Å². The quantitative estimate of drug-likeness (QED) is 0.658. The molecule has 0 unspecified atom stereocenters. The van der Waals surface area contributed by atoms with E-state index in [-0.39, 0.29) is 12.0 Å². The second kappa shape index (κ2) is 6.93. The van der Waals surface area contributed by atoms with Crippen molar-refractivity contribution in [2.24, 2.45) is 11.1 Å². The molecule has 1 fully saturated rings. The lowest BCUT2D eigenvalue weighted by Crippen LogP contribution is -2.49. The van der Waals surface area contributed by atoms with Gasteiger partial charge in [-0.05, 0) is 26.7 Å². The molecule has 0 spiro atoms. The Hall–Kier alpha value is -0.650. The first kappa shape index (κ1) is 14.4. The van der Waals surface area contributed by atoms with Crippen LogP contribution in [0.15, 0.2) is 0 Å². The summed E-state index contributed by atoms with van der Waals surface area (Å²) in [6, 6.07) is 0. The maximum atomic E-state index is 12.1. The number of hydrogen-bond donors (Lipinski definition) is 2. The first-order chi connectivity index (χ1) is 8.10. The van der Waals surface area contributed by atoms with Crippen LogP contribution in [0.5, 0.6) is 0 Å². The minimum absolute atomic E-state index is 0.0376. The van der Waals surface area contributed by atoms with E-state index in [0.29, 0.717) is 45.8 Å². The molecule has 0 radical (unpaired) electrons. The highest BCUT2D eigenvalue weighted by atomic mass is 16.5. The Labute approximate surface area is 103 Å². The third kappa shape index (κ3) is 4.26. The van der Waals surface area contributed by atoms with Gasteiger partial charge < -0.3 is 20.5 Å². The molecule has 1 aliphatic rings. The normalized spacial score (nSPS) is 19.3. The summed E-state index contributed by atoms with van der Waals surface area (Å²) in [6.07, 6.45) is 1.61. The smallest absolute Gasteiger partial charge is 0.227 e. The van der Waals surface area contributed by atoms with Gasteiger partial charge in [0.15, 0.2) is 0 Å². The van der Waals surface area contributed by atoms with Crippen LogP contribution in [-0.4, -0.2) is 44.9 Å². The number of ether oxygens (including phenoxy) is 2. The molecule has 1 saturated heterocycles. The average Bonchev–Trinajstić information content (AvgIpc) is 2.35. The van der Waals surface area contributed by atoms with E-state index in [2.05, 4.69) is 5.32 Å². The monoisotopic (exact) mass is 244 g/mol. The summed E-state index contributed by atoms with van der Waals surface area (Å²) in [7, 11) is 0. The molecule has 0 aromatic rings. The van der Waals surface area contributed by atoms with E-state index in [0.717, 1.165) is 0 Å². The molecule has 1 aliphatic heterocycles. The van der Waals surface area contributed by atoms with Crippen molar-refractivity contribution in [3.63, 3.8) is 0 Å². The van der Waals surface area contributed by atoms with Crippen molar-refractivity contribution in [3.05, 3.63) is 0 Å². The average molecular weight is 244 g/mol. The molecule has 1 amide bonds. The van der Waals surface area contributed by atoms with E-state index in [9.17, 15) is 4.79 Å². The van der Waals surface area contributed by atoms with Crippen molar-refractivity contribution in [1.82, 2.24) is 5.32 Å². The molecule has 17 heavy (non-hydrogen) atoms. The third-order valence-corrected chi connectivity index (χ3v) is 3.16. The molecule has 0 aromatic carbocycles. The Morgan fingerprint density at radius 1 is 1.47 bits per heavy atom. The fourth-order valence-electron chi connectivity index (χ4n) is 1.93. The lowest BCUT2D eigenvalue weighted by molar-refractivity contribution is -0.136. The summed E-state index contributed by atoms with van der Waals surface area (Å²) in [4.78, 5) is 12.1. The number of rotatable bonds is 6. The standard InChI is InChI=1S/C12H24N2O3/c1-10(2)17-8-5-14-11(15)12(9-13)3-6-16-7-4-12/h10H,3-9,13H2,1-2H3,(H,14,15). The van der Waals surface area contributed by atoms with Gasteiger partial charge in [0.1, 0.15) is 0 Å². The summed E-state index contributed by atoms with van der Waals surface area (Å²) in [5.74, 6) is 0.0376. The Balaban J connectivity index is 2.33. The highest BCUT2D eigenvalue weighted by Gasteiger charge is 2.38. The molecule has 5 nitrogen and oxygen atoms in total. The summed E-state index contributed by atoms with van der Waals surface area (Å²) in [5, 5.41) is 2.90. The van der Waals surface area contributed by atoms with Crippen LogP contribution < -0.4 is 11.1 Å². The van der Waals surface area contributed by atoms with E-state index in [1.165, 1.54) is 0 Å². The zero-order valence-electron chi connectivity index (χ0n) is 10.8. The molecule has 0 aromatic heterocycles. The number of amides is 1. The fraction of sp³-hybridized carbons (Fsp3) is 0.917. The Morgan fingerprint density at radius 3 is 2.65 bits per heavy atom. The second-order valence-corrected chi connectivity index (χ2v) is 4.77. The number of carbonyl (C=O) groups excluding carboxylic acids is 1. The summed E-state index contributed by atoms with van der Waals surface area (Å²) in [6.45, 7) is 6.65. The predicted molar refractivity (Wildman–Crippen MR) is 65.6 cm³/mol. The number of nitrogens with two attached hydrogens (primary N) is 1. The van der Waals surface area contributed by atoms with Crippen LogP contribution in [-0.2, 0) is 14.3 Å². The van der Waals surface area contributed by atoms with E-state index in [4.69, 9.17) is 15.2 Å². The van der Waals surface area contributed by atoms with Gasteiger partial charge in [0.2, 0.25) is 5.91 Å². The van der Waals surface area contributed by atoms with Gasteiger partial charge in [-0.1, -0.05) is 0 Å². The van der Waals surface area contributed by atoms with Gasteiger partial charge in [0.25, 0.3) is 0 Å². The van der Waals surface area contributed by atoms with Crippen LogP contribution in [0.25, 0.3) is 0 Å². The molecule has 5 heteroatoms. The van der Waals surface area contributed by atoms with Crippen molar-refractivity contribution in [2.75, 3.05) is 32.9 Å². The van der Waals surface area contributed by atoms with Crippen LogP contribution >= 0.6 is 0 Å². The van der Waals surface area contributed by atoms with Crippen LogP contribution in [0.4, 0.5) is 0 Å². The van der Waals surface area contributed by atoms with Gasteiger partial charge in [0.05, 0.1) is 18.1 Å². The highest BCUT2D eigenvalue weighted by molar-refractivity contribution is 5.83. The molecule has 100 valence electrons. The lowest BCUT2D eigenvalue weighted by atomic mass is 9.79. The third-order valence-electron chi connectivity index (χ3n) is 3.16. The van der Waals surface area contributed by atoms with Crippen molar-refractivity contribution >= 4 is 5.91 Å². The molecular weight excluding hydrogens is 220 g/mol. The highest BCUT2D eigenvalue weighted by Crippen LogP contribution is 2.29. The molecule has 1 heterocycles. The Kier molecular flexibility index (Phi) is 5.88. The summed E-state index contributed by atoms with van der Waals surface area (Å²) in [5.41, 5.74) is 5.31.